The Kier molecular flexibility index (Phi) is 9.68. The molecule has 3 aromatic carbocycles. The first-order valence-electron chi connectivity index (χ1n) is 10.7. The van der Waals surface area contributed by atoms with Crippen molar-refractivity contribution in [3.05, 3.63) is 108 Å². The molecule has 2 aromatic heterocycles. The number of methoxy groups -OCH3 is 1. The number of hydrogen-bond acceptors (Lipinski definition) is 4. The van der Waals surface area contributed by atoms with E-state index >= 15 is 0 Å². The molecule has 0 radical (unpaired) electrons. The minimum atomic E-state index is 0. The standard InChI is InChI=1S/C15H15N3O2S.C12H8N2.Ni/c1-20-13-9-5-6-11(14(13)19)10-16-18-15(21)17-12-7-3-2-4-8-12;1-3-9-5-6-10-4-2-8-14-12(10)11(9)13-7-1;/h2-10H,1H3,(H3,16,17,18,19,21);1-8H;/p+1. The number of thiol groups is 1. The van der Waals surface area contributed by atoms with E-state index in [4.69, 9.17) is 9.84 Å². The SMILES string of the molecule is COc1cccc(/C=N/[N-]C(=[SH+])Nc2ccccc2)c1[OH2+].[Ni].c1cnc2c(c1)ccc1cccnc12. The van der Waals surface area contributed by atoms with Crippen LogP contribution in [0.1, 0.15) is 5.56 Å². The summed E-state index contributed by atoms with van der Waals surface area (Å²) in [5, 5.41) is 17.5. The van der Waals surface area contributed by atoms with E-state index in [-0.39, 0.29) is 22.2 Å². The van der Waals surface area contributed by atoms with Gasteiger partial charge in [-0.05, 0) is 36.4 Å². The van der Waals surface area contributed by atoms with E-state index < -0.39 is 0 Å². The molecule has 0 aliphatic carbocycles. The number of hydrogen-bond donors (Lipinski definition) is 1. The number of anilines is 1. The largest absolute Gasteiger partial charge is 0.590 e. The van der Waals surface area contributed by atoms with Gasteiger partial charge in [0.15, 0.2) is 12.2 Å². The van der Waals surface area contributed by atoms with Gasteiger partial charge in [-0.25, -0.2) is 0 Å². The van der Waals surface area contributed by atoms with Crippen LogP contribution in [0.15, 0.2) is 102 Å². The number of pyridine rings is 2. The molecular formula is C27H24N5NiO2S+. The molecule has 0 fully saturated rings. The van der Waals surface area contributed by atoms with Crippen molar-refractivity contribution in [2.45, 2.75) is 0 Å². The predicted molar refractivity (Wildman–Crippen MR) is 148 cm³/mol. The van der Waals surface area contributed by atoms with Gasteiger partial charge in [-0.2, -0.15) is 0 Å². The molecule has 2 heterocycles. The molecule has 0 unspecified atom stereocenters. The Bertz CT molecular complexity index is 1430. The van der Waals surface area contributed by atoms with Crippen molar-refractivity contribution in [3.63, 3.8) is 0 Å². The summed E-state index contributed by atoms with van der Waals surface area (Å²) >= 11 is 4.21. The minimum Gasteiger partial charge on any atom is -0.590 e. The van der Waals surface area contributed by atoms with Crippen LogP contribution in [0.2, 0.25) is 0 Å². The van der Waals surface area contributed by atoms with Gasteiger partial charge in [0.2, 0.25) is 10.9 Å². The first-order chi connectivity index (χ1) is 17.2. The summed E-state index contributed by atoms with van der Waals surface area (Å²) in [5.74, 6) is 0.770. The Morgan fingerprint density at radius 2 is 1.53 bits per heavy atom. The van der Waals surface area contributed by atoms with Crippen LogP contribution in [0.4, 0.5) is 5.69 Å². The van der Waals surface area contributed by atoms with Gasteiger partial charge in [-0.15, -0.1) is 0 Å². The monoisotopic (exact) mass is 540 g/mol. The summed E-state index contributed by atoms with van der Waals surface area (Å²) in [6, 6.07) is 27.0. The number of rotatable bonds is 4. The van der Waals surface area contributed by atoms with Crippen LogP contribution in [-0.4, -0.2) is 33.5 Å². The Morgan fingerprint density at radius 3 is 2.14 bits per heavy atom. The average Bonchev–Trinajstić information content (AvgIpc) is 2.90. The molecular weight excluding hydrogens is 517 g/mol. The molecule has 9 heteroatoms. The number of nitrogens with one attached hydrogen (secondary N) is 1. The summed E-state index contributed by atoms with van der Waals surface area (Å²) in [7, 11) is 1.53. The molecule has 0 spiro atoms. The van der Waals surface area contributed by atoms with Gasteiger partial charge in [0.05, 0.1) is 23.7 Å². The zero-order valence-corrected chi connectivity index (χ0v) is 21.2. The first-order valence-corrected chi connectivity index (χ1v) is 11.2. The van der Waals surface area contributed by atoms with Crippen molar-refractivity contribution >= 4 is 51.0 Å². The molecule has 184 valence electrons. The molecule has 7 nitrogen and oxygen atoms in total. The van der Waals surface area contributed by atoms with Gasteiger partial charge in [0.1, 0.15) is 0 Å². The molecule has 0 aliphatic heterocycles. The summed E-state index contributed by atoms with van der Waals surface area (Å²) in [6.07, 6.45) is 5.10. The third kappa shape index (κ3) is 6.75. The molecule has 0 bridgehead atoms. The van der Waals surface area contributed by atoms with E-state index in [0.717, 1.165) is 27.5 Å². The second-order valence-electron chi connectivity index (χ2n) is 7.30. The maximum Gasteiger partial charge on any atom is 0.305 e. The zero-order chi connectivity index (χ0) is 24.5. The summed E-state index contributed by atoms with van der Waals surface area (Å²) in [6.45, 7) is 0. The molecule has 0 saturated heterocycles. The maximum atomic E-state index is 7.91. The van der Waals surface area contributed by atoms with Crippen molar-refractivity contribution in [1.29, 1.82) is 0 Å². The molecule has 0 atom stereocenters. The number of nitrogens with zero attached hydrogens (tertiary/aromatic N) is 4. The summed E-state index contributed by atoms with van der Waals surface area (Å²) in [4.78, 5) is 8.69. The van der Waals surface area contributed by atoms with Gasteiger partial charge in [0.25, 0.3) is 0 Å². The van der Waals surface area contributed by atoms with Gasteiger partial charge in [-0.1, -0.05) is 48.5 Å². The van der Waals surface area contributed by atoms with Gasteiger partial charge in [-0.3, -0.25) is 9.97 Å². The number of para-hydroxylation sites is 2. The van der Waals surface area contributed by atoms with Crippen molar-refractivity contribution in [2.75, 3.05) is 12.4 Å². The normalized spacial score (nSPS) is 10.2. The minimum absolute atomic E-state index is 0. The fraction of sp³-hybridized carbons (Fsp3) is 0.0370. The number of ether oxygens (including phenoxy) is 1. The molecule has 3 N–H and O–H groups in total. The predicted octanol–water partition coefficient (Wildman–Crippen LogP) is 5.10. The molecule has 0 amide bonds. The van der Waals surface area contributed by atoms with Gasteiger partial charge >= 0.3 is 5.75 Å². The Labute approximate surface area is 224 Å². The topological polar surface area (TPSA) is 96.4 Å². The zero-order valence-electron chi connectivity index (χ0n) is 19.3. The number of aromatic nitrogens is 2. The van der Waals surface area contributed by atoms with E-state index in [1.54, 1.807) is 30.6 Å². The van der Waals surface area contributed by atoms with Gasteiger partial charge < -0.3 is 25.7 Å². The van der Waals surface area contributed by atoms with E-state index in [1.165, 1.54) is 13.3 Å². The van der Waals surface area contributed by atoms with E-state index in [1.807, 2.05) is 42.5 Å². The third-order valence-electron chi connectivity index (χ3n) is 5.00. The summed E-state index contributed by atoms with van der Waals surface area (Å²) < 4.78 is 5.08. The van der Waals surface area contributed by atoms with E-state index in [0.29, 0.717) is 16.4 Å². The Balaban J connectivity index is 0.000000208. The molecule has 0 aliphatic rings. The third-order valence-corrected chi connectivity index (χ3v) is 5.20. The number of fused-ring (bicyclic) bond motifs is 3. The van der Waals surface area contributed by atoms with Gasteiger partial charge in [0, 0.05) is 51.6 Å². The van der Waals surface area contributed by atoms with Crippen molar-refractivity contribution in [3.8, 4) is 11.5 Å². The van der Waals surface area contributed by atoms with E-state index in [9.17, 15) is 0 Å². The van der Waals surface area contributed by atoms with Crippen LogP contribution < -0.4 is 10.1 Å². The second-order valence-corrected chi connectivity index (χ2v) is 7.72. The fourth-order valence-electron chi connectivity index (χ4n) is 3.33. The molecule has 36 heavy (non-hydrogen) atoms. The van der Waals surface area contributed by atoms with Crippen molar-refractivity contribution < 1.29 is 26.3 Å². The van der Waals surface area contributed by atoms with Crippen LogP contribution in [0.3, 0.4) is 0 Å². The number of benzene rings is 3. The maximum absolute atomic E-state index is 7.91. The Hall–Kier alpha value is -4.07. The summed E-state index contributed by atoms with van der Waals surface area (Å²) in [5.41, 5.74) is 7.38. The van der Waals surface area contributed by atoms with Crippen LogP contribution >= 0.6 is 0 Å². The molecule has 0 saturated carbocycles. The molecule has 5 aromatic rings. The quantitative estimate of drug-likeness (QED) is 0.0652. The average molecular weight is 541 g/mol. The smallest absolute Gasteiger partial charge is 0.305 e. The van der Waals surface area contributed by atoms with Crippen molar-refractivity contribution in [1.82, 2.24) is 9.97 Å². The first kappa shape index (κ1) is 26.5. The molecule has 5 rings (SSSR count). The Morgan fingerprint density at radius 1 is 0.889 bits per heavy atom. The second kappa shape index (κ2) is 13.1. The van der Waals surface area contributed by atoms with Crippen LogP contribution in [0.25, 0.3) is 27.2 Å². The van der Waals surface area contributed by atoms with Crippen LogP contribution in [-0.2, 0) is 28.7 Å². The van der Waals surface area contributed by atoms with Crippen LogP contribution in [0, 0.1) is 0 Å². The van der Waals surface area contributed by atoms with Crippen LogP contribution in [0.5, 0.6) is 11.5 Å². The fourth-order valence-corrected chi connectivity index (χ4v) is 3.51. The van der Waals surface area contributed by atoms with Crippen molar-refractivity contribution in [2.24, 2.45) is 5.10 Å². The van der Waals surface area contributed by atoms with E-state index in [2.05, 4.69) is 62.3 Å².